The quantitative estimate of drug-likeness (QED) is 0.517. The van der Waals surface area contributed by atoms with E-state index >= 15 is 0 Å². The molecular formula is C13H23N3O4. The molecule has 7 nitrogen and oxygen atoms in total. The van der Waals surface area contributed by atoms with Gasteiger partial charge in [-0.05, 0) is 30.6 Å². The van der Waals surface area contributed by atoms with Gasteiger partial charge in [0.25, 0.3) is 0 Å². The number of carbonyl (C=O) groups is 3. The van der Waals surface area contributed by atoms with Crippen molar-refractivity contribution >= 4 is 17.9 Å². The lowest BCUT2D eigenvalue weighted by molar-refractivity contribution is -0.139. The van der Waals surface area contributed by atoms with E-state index in [9.17, 15) is 14.4 Å². The number of urea groups is 1. The van der Waals surface area contributed by atoms with Crippen LogP contribution in [0.2, 0.25) is 0 Å². The molecule has 0 bridgehead atoms. The molecule has 0 saturated heterocycles. The van der Waals surface area contributed by atoms with E-state index in [-0.39, 0.29) is 18.3 Å². The molecule has 0 unspecified atom stereocenters. The lowest BCUT2D eigenvalue weighted by Crippen LogP contribution is -2.48. The van der Waals surface area contributed by atoms with Crippen molar-refractivity contribution in [2.24, 2.45) is 17.1 Å². The summed E-state index contributed by atoms with van der Waals surface area (Å²) in [4.78, 5) is 33.3. The summed E-state index contributed by atoms with van der Waals surface area (Å²) in [6.45, 7) is 4.76. The second kappa shape index (κ2) is 6.58. The van der Waals surface area contributed by atoms with Crippen LogP contribution in [-0.2, 0) is 9.59 Å². The summed E-state index contributed by atoms with van der Waals surface area (Å²) in [5, 5.41) is 14.0. The number of carboxylic acids is 1. The van der Waals surface area contributed by atoms with E-state index in [2.05, 4.69) is 24.5 Å². The van der Waals surface area contributed by atoms with Crippen molar-refractivity contribution in [3.63, 3.8) is 0 Å². The first-order valence-electron chi connectivity index (χ1n) is 6.82. The summed E-state index contributed by atoms with van der Waals surface area (Å²) in [5.74, 6) is -1.28. The Bertz CT molecular complexity index is 391. The minimum Gasteiger partial charge on any atom is -0.480 e. The van der Waals surface area contributed by atoms with Crippen molar-refractivity contribution in [3.05, 3.63) is 0 Å². The number of carbonyl (C=O) groups excluding carboxylic acids is 2. The molecule has 1 rings (SSSR count). The summed E-state index contributed by atoms with van der Waals surface area (Å²) < 4.78 is 0. The Hall–Kier alpha value is -1.79. The predicted octanol–water partition coefficient (Wildman–Crippen LogP) is 0.441. The standard InChI is InChI=1S/C13H23N3O4/c1-8(2)13(5-6-13)7-15-12(20)16-9(11(18)19)3-4-10(14)17/h8-9H,3-7H2,1-2H3,(H2,14,17)(H,18,19)(H2,15,16,20)/t9-/m0/s1. The zero-order valence-corrected chi connectivity index (χ0v) is 11.9. The second-order valence-electron chi connectivity index (χ2n) is 5.74. The topological polar surface area (TPSA) is 122 Å². The number of amides is 3. The summed E-state index contributed by atoms with van der Waals surface area (Å²) in [6, 6.07) is -1.62. The Morgan fingerprint density at radius 1 is 1.30 bits per heavy atom. The van der Waals surface area contributed by atoms with Crippen LogP contribution in [0.25, 0.3) is 0 Å². The smallest absolute Gasteiger partial charge is 0.326 e. The third-order valence-electron chi connectivity index (χ3n) is 4.00. The Morgan fingerprint density at radius 2 is 1.90 bits per heavy atom. The van der Waals surface area contributed by atoms with Crippen molar-refractivity contribution in [2.75, 3.05) is 6.54 Å². The molecule has 0 aliphatic heterocycles. The van der Waals surface area contributed by atoms with Gasteiger partial charge in [0.2, 0.25) is 5.91 Å². The molecular weight excluding hydrogens is 262 g/mol. The van der Waals surface area contributed by atoms with Gasteiger partial charge < -0.3 is 21.5 Å². The fourth-order valence-corrected chi connectivity index (χ4v) is 2.13. The third-order valence-corrected chi connectivity index (χ3v) is 4.00. The zero-order chi connectivity index (χ0) is 15.3. The number of rotatable bonds is 8. The average molecular weight is 285 g/mol. The van der Waals surface area contributed by atoms with E-state index in [4.69, 9.17) is 10.8 Å². The summed E-state index contributed by atoms with van der Waals surface area (Å²) in [7, 11) is 0. The van der Waals surface area contributed by atoms with Crippen LogP contribution in [0.3, 0.4) is 0 Å². The number of carboxylic acid groups (broad SMARTS) is 1. The van der Waals surface area contributed by atoms with Gasteiger partial charge in [0, 0.05) is 13.0 Å². The van der Waals surface area contributed by atoms with E-state index in [1.165, 1.54) is 0 Å². The fourth-order valence-electron chi connectivity index (χ4n) is 2.13. The van der Waals surface area contributed by atoms with Crippen molar-refractivity contribution in [2.45, 2.75) is 45.6 Å². The second-order valence-corrected chi connectivity index (χ2v) is 5.74. The van der Waals surface area contributed by atoms with Crippen molar-refractivity contribution in [3.8, 4) is 0 Å². The van der Waals surface area contributed by atoms with Gasteiger partial charge >= 0.3 is 12.0 Å². The SMILES string of the molecule is CC(C)C1(CNC(=O)N[C@@H](CCC(N)=O)C(=O)O)CC1. The third kappa shape index (κ3) is 4.71. The van der Waals surface area contributed by atoms with Gasteiger partial charge in [0.15, 0.2) is 0 Å². The number of hydrogen-bond acceptors (Lipinski definition) is 3. The largest absolute Gasteiger partial charge is 0.480 e. The molecule has 5 N–H and O–H groups in total. The highest BCUT2D eigenvalue weighted by Gasteiger charge is 2.45. The van der Waals surface area contributed by atoms with Crippen LogP contribution in [0.4, 0.5) is 4.79 Å². The van der Waals surface area contributed by atoms with Gasteiger partial charge in [-0.2, -0.15) is 0 Å². The molecule has 1 aliphatic rings. The number of nitrogens with one attached hydrogen (secondary N) is 2. The van der Waals surface area contributed by atoms with Crippen LogP contribution in [0.15, 0.2) is 0 Å². The normalized spacial score (nSPS) is 17.4. The zero-order valence-electron chi connectivity index (χ0n) is 11.9. The molecule has 7 heteroatoms. The first-order valence-corrected chi connectivity index (χ1v) is 6.82. The van der Waals surface area contributed by atoms with Gasteiger partial charge in [-0.15, -0.1) is 0 Å². The Kier molecular flexibility index (Phi) is 5.35. The lowest BCUT2D eigenvalue weighted by atomic mass is 9.92. The van der Waals surface area contributed by atoms with E-state index in [1.54, 1.807) is 0 Å². The molecule has 0 heterocycles. The molecule has 0 spiro atoms. The number of aliphatic carboxylic acids is 1. The van der Waals surface area contributed by atoms with Gasteiger partial charge in [-0.25, -0.2) is 9.59 Å². The maximum Gasteiger partial charge on any atom is 0.326 e. The molecule has 0 radical (unpaired) electrons. The molecule has 0 aromatic heterocycles. The molecule has 0 aromatic carbocycles. The molecule has 3 amide bonds. The van der Waals surface area contributed by atoms with Crippen LogP contribution >= 0.6 is 0 Å². The highest BCUT2D eigenvalue weighted by atomic mass is 16.4. The van der Waals surface area contributed by atoms with Crippen LogP contribution in [0, 0.1) is 11.3 Å². The molecule has 0 aromatic rings. The number of primary amides is 1. The van der Waals surface area contributed by atoms with Crippen LogP contribution in [0.5, 0.6) is 0 Å². The highest BCUT2D eigenvalue weighted by molar-refractivity contribution is 5.83. The minimum absolute atomic E-state index is 0.00654. The van der Waals surface area contributed by atoms with Crippen molar-refractivity contribution in [1.29, 1.82) is 0 Å². The predicted molar refractivity (Wildman–Crippen MR) is 72.9 cm³/mol. The fraction of sp³-hybridized carbons (Fsp3) is 0.769. The van der Waals surface area contributed by atoms with Crippen molar-refractivity contribution in [1.82, 2.24) is 10.6 Å². The number of nitrogens with two attached hydrogens (primary N) is 1. The van der Waals surface area contributed by atoms with E-state index in [0.717, 1.165) is 12.8 Å². The monoisotopic (exact) mass is 285 g/mol. The van der Waals surface area contributed by atoms with E-state index < -0.39 is 23.9 Å². The molecule has 1 fully saturated rings. The highest BCUT2D eigenvalue weighted by Crippen LogP contribution is 2.51. The van der Waals surface area contributed by atoms with Gasteiger partial charge in [0.1, 0.15) is 6.04 Å². The Balaban J connectivity index is 2.38. The minimum atomic E-state index is -1.17. The summed E-state index contributed by atoms with van der Waals surface area (Å²) >= 11 is 0. The lowest BCUT2D eigenvalue weighted by Gasteiger charge is -2.21. The maximum atomic E-state index is 11.7. The van der Waals surface area contributed by atoms with Gasteiger partial charge in [0.05, 0.1) is 0 Å². The Labute approximate surface area is 118 Å². The molecule has 1 saturated carbocycles. The molecule has 1 aliphatic carbocycles. The van der Waals surface area contributed by atoms with Crippen LogP contribution < -0.4 is 16.4 Å². The molecule has 1 atom stereocenters. The maximum absolute atomic E-state index is 11.7. The summed E-state index contributed by atoms with van der Waals surface area (Å²) in [6.07, 6.45) is 2.07. The average Bonchev–Trinajstić information content (AvgIpc) is 3.12. The first-order chi connectivity index (χ1) is 9.27. The molecule has 20 heavy (non-hydrogen) atoms. The van der Waals surface area contributed by atoms with Crippen LogP contribution in [0.1, 0.15) is 39.5 Å². The first kappa shape index (κ1) is 16.3. The van der Waals surface area contributed by atoms with Crippen LogP contribution in [-0.4, -0.2) is 35.6 Å². The Morgan fingerprint density at radius 3 is 2.30 bits per heavy atom. The van der Waals surface area contributed by atoms with Crippen molar-refractivity contribution < 1.29 is 19.5 Å². The van der Waals surface area contributed by atoms with E-state index in [0.29, 0.717) is 12.5 Å². The summed E-state index contributed by atoms with van der Waals surface area (Å²) in [5.41, 5.74) is 5.12. The molecule has 114 valence electrons. The number of hydrogen-bond donors (Lipinski definition) is 4. The van der Waals surface area contributed by atoms with Gasteiger partial charge in [-0.1, -0.05) is 13.8 Å². The van der Waals surface area contributed by atoms with Gasteiger partial charge in [-0.3, -0.25) is 4.79 Å². The van der Waals surface area contributed by atoms with E-state index in [1.807, 2.05) is 0 Å².